The molecular weight excluding hydrogens is 394 g/mol. The van der Waals surface area contributed by atoms with E-state index in [1.165, 1.54) is 18.4 Å². The van der Waals surface area contributed by atoms with E-state index in [0.29, 0.717) is 27.8 Å². The van der Waals surface area contributed by atoms with E-state index in [-0.39, 0.29) is 29.9 Å². The molecule has 1 aromatic heterocycles. The van der Waals surface area contributed by atoms with E-state index in [2.05, 4.69) is 0 Å². The lowest BCUT2D eigenvalue weighted by Crippen LogP contribution is -2.25. The molecule has 3 aromatic carbocycles. The van der Waals surface area contributed by atoms with E-state index >= 15 is 0 Å². The lowest BCUT2D eigenvalue weighted by Gasteiger charge is -2.25. The first-order valence-corrected chi connectivity index (χ1v) is 9.86. The topological polar surface area (TPSA) is 83.1 Å². The fourth-order valence-electron chi connectivity index (χ4n) is 3.55. The molecule has 0 amide bonds. The molecule has 0 aliphatic carbocycles. The van der Waals surface area contributed by atoms with Gasteiger partial charge in [0.05, 0.1) is 17.0 Å². The van der Waals surface area contributed by atoms with Gasteiger partial charge in [-0.3, -0.25) is 9.69 Å². The summed E-state index contributed by atoms with van der Waals surface area (Å²) < 4.78 is 11.7. The Morgan fingerprint density at radius 3 is 2.39 bits per heavy atom. The second-order valence-electron chi connectivity index (χ2n) is 7.54. The number of hydrogen-bond donors (Lipinski definition) is 2. The fraction of sp³-hybridized carbons (Fsp3) is 0.160. The summed E-state index contributed by atoms with van der Waals surface area (Å²) in [7, 11) is 3.86. The molecule has 1 heterocycles. The van der Waals surface area contributed by atoms with Crippen molar-refractivity contribution in [1.29, 1.82) is 0 Å². The normalized spacial score (nSPS) is 12.2. The van der Waals surface area contributed by atoms with Crippen molar-refractivity contribution in [2.75, 3.05) is 20.7 Å². The van der Waals surface area contributed by atoms with Gasteiger partial charge in [0.25, 0.3) is 0 Å². The third kappa shape index (κ3) is 4.25. The molecule has 0 fully saturated rings. The average molecular weight is 417 g/mol. The Hall–Kier alpha value is -3.77. The largest absolute Gasteiger partial charge is 0.508 e. The van der Waals surface area contributed by atoms with Gasteiger partial charge in [-0.05, 0) is 31.8 Å². The van der Waals surface area contributed by atoms with Gasteiger partial charge >= 0.3 is 0 Å². The van der Waals surface area contributed by atoms with Gasteiger partial charge in [-0.1, -0.05) is 42.5 Å². The Balaban J connectivity index is 1.69. The Kier molecular flexibility index (Phi) is 5.64. The standard InChI is InChI=1S/C25H23NO5/c1-26(2)21(16-8-10-18(27)11-9-16)15-31-23-13-19(28)12-22-24(23)20(14-30-22)25(29)17-6-4-3-5-7-17/h3-14,21,27-28H,15H2,1-2H3. The number of phenolic OH excluding ortho intramolecular Hbond substituents is 2. The fourth-order valence-corrected chi connectivity index (χ4v) is 3.55. The van der Waals surface area contributed by atoms with Crippen LogP contribution in [-0.4, -0.2) is 41.6 Å². The van der Waals surface area contributed by atoms with Gasteiger partial charge in [-0.25, -0.2) is 0 Å². The second kappa shape index (κ2) is 8.53. The van der Waals surface area contributed by atoms with Crippen LogP contribution in [0.25, 0.3) is 11.0 Å². The zero-order valence-corrected chi connectivity index (χ0v) is 17.3. The molecule has 0 saturated heterocycles. The first kappa shape index (κ1) is 20.5. The van der Waals surface area contributed by atoms with Gasteiger partial charge < -0.3 is 19.4 Å². The molecule has 31 heavy (non-hydrogen) atoms. The van der Waals surface area contributed by atoms with E-state index in [4.69, 9.17) is 9.15 Å². The van der Waals surface area contributed by atoms with Crippen LogP contribution in [-0.2, 0) is 0 Å². The molecule has 1 unspecified atom stereocenters. The van der Waals surface area contributed by atoms with Crippen molar-refractivity contribution in [1.82, 2.24) is 4.90 Å². The van der Waals surface area contributed by atoms with Crippen LogP contribution >= 0.6 is 0 Å². The summed E-state index contributed by atoms with van der Waals surface area (Å²) in [5.74, 6) is 0.368. The van der Waals surface area contributed by atoms with Crippen LogP contribution in [0.5, 0.6) is 17.2 Å². The highest BCUT2D eigenvalue weighted by Gasteiger charge is 2.22. The zero-order chi connectivity index (χ0) is 22.0. The molecule has 0 radical (unpaired) electrons. The summed E-state index contributed by atoms with van der Waals surface area (Å²) in [6.07, 6.45) is 1.40. The minimum atomic E-state index is -0.183. The van der Waals surface area contributed by atoms with Gasteiger partial charge in [-0.15, -0.1) is 0 Å². The highest BCUT2D eigenvalue weighted by atomic mass is 16.5. The Morgan fingerprint density at radius 2 is 1.71 bits per heavy atom. The molecule has 6 nitrogen and oxygen atoms in total. The van der Waals surface area contributed by atoms with Gasteiger partial charge in [-0.2, -0.15) is 0 Å². The molecule has 1 atom stereocenters. The number of fused-ring (bicyclic) bond motifs is 1. The Morgan fingerprint density at radius 1 is 1.00 bits per heavy atom. The summed E-state index contributed by atoms with van der Waals surface area (Å²) in [6.45, 7) is 0.264. The number of furan rings is 1. The minimum absolute atomic E-state index is 0.0124. The number of likely N-dealkylation sites (N-methyl/N-ethyl adjacent to an activating group) is 1. The summed E-state index contributed by atoms with van der Waals surface area (Å²) in [4.78, 5) is 15.0. The molecule has 0 bridgehead atoms. The van der Waals surface area contributed by atoms with Crippen molar-refractivity contribution in [2.24, 2.45) is 0 Å². The second-order valence-corrected chi connectivity index (χ2v) is 7.54. The van der Waals surface area contributed by atoms with Crippen LogP contribution < -0.4 is 4.74 Å². The number of nitrogens with zero attached hydrogens (tertiary/aromatic N) is 1. The minimum Gasteiger partial charge on any atom is -0.508 e. The van der Waals surface area contributed by atoms with Crippen LogP contribution in [0.2, 0.25) is 0 Å². The maximum absolute atomic E-state index is 13.0. The zero-order valence-electron chi connectivity index (χ0n) is 17.3. The smallest absolute Gasteiger partial charge is 0.197 e. The molecule has 2 N–H and O–H groups in total. The Bertz CT molecular complexity index is 1200. The molecule has 6 heteroatoms. The number of phenols is 2. The maximum atomic E-state index is 13.0. The van der Waals surface area contributed by atoms with Crippen molar-refractivity contribution >= 4 is 16.8 Å². The molecule has 0 saturated carbocycles. The van der Waals surface area contributed by atoms with Crippen molar-refractivity contribution in [3.63, 3.8) is 0 Å². The SMILES string of the molecule is CN(C)C(COc1cc(O)cc2occ(C(=O)c3ccccc3)c12)c1ccc(O)cc1. The van der Waals surface area contributed by atoms with E-state index in [0.717, 1.165) is 5.56 Å². The molecule has 158 valence electrons. The van der Waals surface area contributed by atoms with E-state index in [1.54, 1.807) is 36.4 Å². The van der Waals surface area contributed by atoms with Crippen LogP contribution in [0.3, 0.4) is 0 Å². The number of carbonyl (C=O) groups is 1. The molecule has 4 rings (SSSR count). The molecule has 0 aliphatic heterocycles. The highest BCUT2D eigenvalue weighted by Crippen LogP contribution is 2.36. The van der Waals surface area contributed by atoms with E-state index in [9.17, 15) is 15.0 Å². The number of rotatable bonds is 7. The van der Waals surface area contributed by atoms with Crippen LogP contribution in [0, 0.1) is 0 Å². The summed E-state index contributed by atoms with van der Waals surface area (Å²) in [5.41, 5.74) is 2.26. The number of hydrogen-bond acceptors (Lipinski definition) is 6. The van der Waals surface area contributed by atoms with Gasteiger partial charge in [0.15, 0.2) is 5.78 Å². The monoisotopic (exact) mass is 417 g/mol. The lowest BCUT2D eigenvalue weighted by molar-refractivity contribution is 0.103. The van der Waals surface area contributed by atoms with Gasteiger partial charge in [0, 0.05) is 17.7 Å². The first-order chi connectivity index (χ1) is 14.9. The van der Waals surface area contributed by atoms with Gasteiger partial charge in [0.1, 0.15) is 35.7 Å². The predicted molar refractivity (Wildman–Crippen MR) is 118 cm³/mol. The van der Waals surface area contributed by atoms with Crippen molar-refractivity contribution < 1.29 is 24.2 Å². The summed E-state index contributed by atoms with van der Waals surface area (Å²) in [5, 5.41) is 20.2. The van der Waals surface area contributed by atoms with Crippen LogP contribution in [0.15, 0.2) is 77.4 Å². The third-order valence-corrected chi connectivity index (χ3v) is 5.20. The van der Waals surface area contributed by atoms with Crippen molar-refractivity contribution in [3.8, 4) is 17.2 Å². The number of aromatic hydroxyl groups is 2. The molecular formula is C25H23NO5. The Labute approximate surface area is 179 Å². The van der Waals surface area contributed by atoms with Crippen molar-refractivity contribution in [3.05, 3.63) is 89.7 Å². The lowest BCUT2D eigenvalue weighted by atomic mass is 10.0. The molecule has 0 aliphatic rings. The number of ketones is 1. The highest BCUT2D eigenvalue weighted by molar-refractivity contribution is 6.17. The number of carbonyl (C=O) groups excluding carboxylic acids is 1. The average Bonchev–Trinajstić information content (AvgIpc) is 3.18. The van der Waals surface area contributed by atoms with Crippen molar-refractivity contribution in [2.45, 2.75) is 6.04 Å². The predicted octanol–water partition coefficient (Wildman–Crippen LogP) is 4.76. The van der Waals surface area contributed by atoms with Crippen LogP contribution in [0.1, 0.15) is 27.5 Å². The van der Waals surface area contributed by atoms with Gasteiger partial charge in [0.2, 0.25) is 0 Å². The number of ether oxygens (including phenoxy) is 1. The first-order valence-electron chi connectivity index (χ1n) is 9.86. The molecule has 4 aromatic rings. The molecule has 0 spiro atoms. The van der Waals surface area contributed by atoms with Crippen LogP contribution in [0.4, 0.5) is 0 Å². The van der Waals surface area contributed by atoms with E-state index in [1.807, 2.05) is 37.2 Å². The summed E-state index contributed by atoms with van der Waals surface area (Å²) in [6, 6.07) is 18.7. The summed E-state index contributed by atoms with van der Waals surface area (Å²) >= 11 is 0. The third-order valence-electron chi connectivity index (χ3n) is 5.20. The number of benzene rings is 3. The quantitative estimate of drug-likeness (QED) is 0.422. The maximum Gasteiger partial charge on any atom is 0.197 e. The van der Waals surface area contributed by atoms with E-state index < -0.39 is 0 Å².